The SMILES string of the molecule is COc1cc(F)c(/C=C/CN)cc1O. The molecule has 0 atom stereocenters. The van der Waals surface area contributed by atoms with Crippen molar-refractivity contribution in [3.8, 4) is 11.5 Å². The Balaban J connectivity index is 3.08. The molecule has 0 amide bonds. The second-order valence-corrected chi connectivity index (χ2v) is 2.68. The van der Waals surface area contributed by atoms with Crippen LogP contribution in [0.1, 0.15) is 5.56 Å². The van der Waals surface area contributed by atoms with Gasteiger partial charge in [0.15, 0.2) is 11.5 Å². The van der Waals surface area contributed by atoms with Crippen molar-refractivity contribution in [3.05, 3.63) is 29.6 Å². The maximum atomic E-state index is 13.3. The lowest BCUT2D eigenvalue weighted by atomic mass is 10.1. The molecule has 3 nitrogen and oxygen atoms in total. The van der Waals surface area contributed by atoms with Crippen LogP contribution in [0.25, 0.3) is 6.08 Å². The van der Waals surface area contributed by atoms with Gasteiger partial charge in [-0.05, 0) is 6.07 Å². The zero-order chi connectivity index (χ0) is 10.6. The Labute approximate surface area is 81.6 Å². The van der Waals surface area contributed by atoms with E-state index in [1.165, 1.54) is 19.3 Å². The first kappa shape index (κ1) is 10.5. The topological polar surface area (TPSA) is 55.5 Å². The molecule has 0 aliphatic rings. The Kier molecular flexibility index (Phi) is 3.48. The van der Waals surface area contributed by atoms with Gasteiger partial charge in [-0.1, -0.05) is 12.2 Å². The van der Waals surface area contributed by atoms with Crippen LogP contribution in [0.2, 0.25) is 0 Å². The minimum atomic E-state index is -0.454. The van der Waals surface area contributed by atoms with Crippen LogP contribution >= 0.6 is 0 Å². The monoisotopic (exact) mass is 197 g/mol. The second kappa shape index (κ2) is 4.62. The molecular weight excluding hydrogens is 185 g/mol. The van der Waals surface area contributed by atoms with E-state index in [0.29, 0.717) is 6.54 Å². The molecule has 0 unspecified atom stereocenters. The van der Waals surface area contributed by atoms with Crippen LogP contribution in [-0.2, 0) is 0 Å². The molecule has 1 aromatic rings. The molecule has 0 aromatic heterocycles. The summed E-state index contributed by atoms with van der Waals surface area (Å²) in [6.45, 7) is 0.326. The van der Waals surface area contributed by atoms with Gasteiger partial charge in [-0.15, -0.1) is 0 Å². The van der Waals surface area contributed by atoms with E-state index in [0.717, 1.165) is 6.07 Å². The summed E-state index contributed by atoms with van der Waals surface area (Å²) in [5, 5.41) is 9.36. The molecule has 76 valence electrons. The third-order valence-electron chi connectivity index (χ3n) is 1.73. The summed E-state index contributed by atoms with van der Waals surface area (Å²) < 4.78 is 18.0. The van der Waals surface area contributed by atoms with Crippen molar-refractivity contribution in [2.45, 2.75) is 0 Å². The molecule has 14 heavy (non-hydrogen) atoms. The predicted molar refractivity (Wildman–Crippen MR) is 52.7 cm³/mol. The van der Waals surface area contributed by atoms with Gasteiger partial charge in [-0.2, -0.15) is 0 Å². The average molecular weight is 197 g/mol. The predicted octanol–water partition coefficient (Wildman–Crippen LogP) is 1.51. The number of hydrogen-bond acceptors (Lipinski definition) is 3. The van der Waals surface area contributed by atoms with Crippen molar-refractivity contribution in [1.29, 1.82) is 0 Å². The molecule has 0 radical (unpaired) electrons. The minimum Gasteiger partial charge on any atom is -0.504 e. The van der Waals surface area contributed by atoms with Gasteiger partial charge in [0.1, 0.15) is 5.82 Å². The van der Waals surface area contributed by atoms with Crippen LogP contribution < -0.4 is 10.5 Å². The fraction of sp³-hybridized carbons (Fsp3) is 0.200. The van der Waals surface area contributed by atoms with Gasteiger partial charge in [0.25, 0.3) is 0 Å². The maximum Gasteiger partial charge on any atom is 0.163 e. The summed E-state index contributed by atoms with van der Waals surface area (Å²) in [6, 6.07) is 2.42. The number of nitrogens with two attached hydrogens (primary N) is 1. The summed E-state index contributed by atoms with van der Waals surface area (Å²) in [5.41, 5.74) is 5.51. The van der Waals surface area contributed by atoms with Crippen LogP contribution in [0.4, 0.5) is 4.39 Å². The first-order chi connectivity index (χ1) is 6.69. The van der Waals surface area contributed by atoms with Crippen molar-refractivity contribution >= 4 is 6.08 Å². The summed E-state index contributed by atoms with van der Waals surface area (Å²) in [6.07, 6.45) is 3.11. The van der Waals surface area contributed by atoms with Crippen LogP contribution in [0, 0.1) is 5.82 Å². The highest BCUT2D eigenvalue weighted by Crippen LogP contribution is 2.29. The molecule has 0 bridgehead atoms. The van der Waals surface area contributed by atoms with Crippen LogP contribution in [-0.4, -0.2) is 18.8 Å². The Morgan fingerprint density at radius 1 is 1.57 bits per heavy atom. The summed E-state index contributed by atoms with van der Waals surface area (Å²) >= 11 is 0. The molecule has 1 aromatic carbocycles. The zero-order valence-electron chi connectivity index (χ0n) is 7.83. The third-order valence-corrected chi connectivity index (χ3v) is 1.73. The second-order valence-electron chi connectivity index (χ2n) is 2.68. The van der Waals surface area contributed by atoms with Crippen molar-refractivity contribution in [3.63, 3.8) is 0 Å². The molecule has 0 saturated carbocycles. The smallest absolute Gasteiger partial charge is 0.163 e. The number of rotatable bonds is 3. The van der Waals surface area contributed by atoms with E-state index in [1.807, 2.05) is 0 Å². The standard InChI is InChI=1S/C10H12FNO2/c1-14-10-6-8(11)7(3-2-4-12)5-9(10)13/h2-3,5-6,13H,4,12H2,1H3/b3-2+. The number of benzene rings is 1. The van der Waals surface area contributed by atoms with E-state index in [2.05, 4.69) is 0 Å². The molecular formula is C10H12FNO2. The normalized spacial score (nSPS) is 10.8. The van der Waals surface area contributed by atoms with Gasteiger partial charge >= 0.3 is 0 Å². The summed E-state index contributed by atoms with van der Waals surface area (Å²) in [7, 11) is 1.36. The number of halogens is 1. The first-order valence-corrected chi connectivity index (χ1v) is 4.12. The molecule has 4 heteroatoms. The van der Waals surface area contributed by atoms with E-state index in [1.54, 1.807) is 6.08 Å². The Morgan fingerprint density at radius 3 is 2.86 bits per heavy atom. The van der Waals surface area contributed by atoms with Gasteiger partial charge in [-0.3, -0.25) is 0 Å². The van der Waals surface area contributed by atoms with Crippen molar-refractivity contribution in [1.82, 2.24) is 0 Å². The molecule has 0 aliphatic heterocycles. The van der Waals surface area contributed by atoms with Crippen molar-refractivity contribution in [2.24, 2.45) is 5.73 Å². The summed E-state index contributed by atoms with van der Waals surface area (Å²) in [4.78, 5) is 0. The van der Waals surface area contributed by atoms with Crippen molar-refractivity contribution in [2.75, 3.05) is 13.7 Å². The lowest BCUT2D eigenvalue weighted by Gasteiger charge is -2.04. The van der Waals surface area contributed by atoms with Gasteiger partial charge in [-0.25, -0.2) is 4.39 Å². The van der Waals surface area contributed by atoms with Gasteiger partial charge in [0, 0.05) is 18.2 Å². The molecule has 0 fully saturated rings. The number of aromatic hydroxyl groups is 1. The molecule has 0 heterocycles. The van der Waals surface area contributed by atoms with E-state index >= 15 is 0 Å². The quantitative estimate of drug-likeness (QED) is 0.772. The lowest BCUT2D eigenvalue weighted by Crippen LogP contribution is -1.93. The fourth-order valence-electron chi connectivity index (χ4n) is 1.05. The molecule has 3 N–H and O–H groups in total. The Hall–Kier alpha value is -1.55. The first-order valence-electron chi connectivity index (χ1n) is 4.12. The number of phenols is 1. The number of methoxy groups -OCH3 is 1. The largest absolute Gasteiger partial charge is 0.504 e. The van der Waals surface area contributed by atoms with Crippen LogP contribution in [0.5, 0.6) is 11.5 Å². The molecule has 0 spiro atoms. The number of hydrogen-bond donors (Lipinski definition) is 2. The highest BCUT2D eigenvalue weighted by atomic mass is 19.1. The summed E-state index contributed by atoms with van der Waals surface area (Å²) in [5.74, 6) is -0.428. The fourth-order valence-corrected chi connectivity index (χ4v) is 1.05. The Bertz CT molecular complexity index is 350. The number of phenolic OH excluding ortho intramolecular Hbond substituents is 1. The molecule has 1 rings (SSSR count). The van der Waals surface area contributed by atoms with Crippen LogP contribution in [0.15, 0.2) is 18.2 Å². The average Bonchev–Trinajstić information content (AvgIpc) is 2.18. The van der Waals surface area contributed by atoms with Gasteiger partial charge in [0.2, 0.25) is 0 Å². The molecule has 0 aliphatic carbocycles. The van der Waals surface area contributed by atoms with Crippen molar-refractivity contribution < 1.29 is 14.2 Å². The van der Waals surface area contributed by atoms with E-state index in [9.17, 15) is 9.50 Å². The van der Waals surface area contributed by atoms with E-state index in [4.69, 9.17) is 10.5 Å². The third kappa shape index (κ3) is 2.23. The van der Waals surface area contributed by atoms with Gasteiger partial charge < -0.3 is 15.6 Å². The lowest BCUT2D eigenvalue weighted by molar-refractivity contribution is 0.370. The van der Waals surface area contributed by atoms with Crippen LogP contribution in [0.3, 0.4) is 0 Å². The Morgan fingerprint density at radius 2 is 2.29 bits per heavy atom. The highest BCUT2D eigenvalue weighted by Gasteiger charge is 2.06. The maximum absolute atomic E-state index is 13.3. The van der Waals surface area contributed by atoms with Gasteiger partial charge in [0.05, 0.1) is 7.11 Å². The minimum absolute atomic E-state index is 0.0921. The highest BCUT2D eigenvalue weighted by molar-refractivity contribution is 5.56. The molecule has 0 saturated heterocycles. The van der Waals surface area contributed by atoms with E-state index < -0.39 is 5.82 Å². The van der Waals surface area contributed by atoms with E-state index in [-0.39, 0.29) is 17.1 Å². The number of ether oxygens (including phenoxy) is 1. The zero-order valence-corrected chi connectivity index (χ0v) is 7.83.